The maximum atomic E-state index is 14.9. The van der Waals surface area contributed by atoms with Crippen LogP contribution in [-0.4, -0.2) is 28.1 Å². The van der Waals surface area contributed by atoms with Crippen molar-refractivity contribution < 1.29 is 13.9 Å². The third-order valence-electron chi connectivity index (χ3n) is 4.57. The standard InChI is InChI=1S/C20H15FN4O2/c1-27-20(26)18-19(14-6-7-14)25(24-23-18)17-9-8-15(10-16(17)21)13-4-2-12(11-22)3-5-13/h2-5,8-10,14H,6-7H2,1H3. The van der Waals surface area contributed by atoms with E-state index in [4.69, 9.17) is 10.00 Å². The number of ether oxygens (including phenoxy) is 1. The Hall–Kier alpha value is -3.53. The highest BCUT2D eigenvalue weighted by Gasteiger charge is 2.35. The van der Waals surface area contributed by atoms with Gasteiger partial charge >= 0.3 is 5.97 Å². The predicted molar refractivity (Wildman–Crippen MR) is 94.8 cm³/mol. The van der Waals surface area contributed by atoms with Gasteiger partial charge in [-0.05, 0) is 48.2 Å². The maximum absolute atomic E-state index is 14.9. The predicted octanol–water partition coefficient (Wildman–Crippen LogP) is 3.61. The molecular weight excluding hydrogens is 347 g/mol. The molecular formula is C20H15FN4O2. The minimum absolute atomic E-state index is 0.131. The largest absolute Gasteiger partial charge is 0.464 e. The molecule has 2 aromatic carbocycles. The molecule has 0 atom stereocenters. The topological polar surface area (TPSA) is 80.8 Å². The molecule has 0 saturated heterocycles. The van der Waals surface area contributed by atoms with E-state index in [2.05, 4.69) is 16.4 Å². The molecule has 0 spiro atoms. The normalized spacial score (nSPS) is 13.2. The first-order valence-electron chi connectivity index (χ1n) is 8.46. The molecule has 0 amide bonds. The Bertz CT molecular complexity index is 1060. The van der Waals surface area contributed by atoms with Crippen molar-refractivity contribution in [2.75, 3.05) is 7.11 Å². The van der Waals surface area contributed by atoms with Gasteiger partial charge in [-0.1, -0.05) is 23.4 Å². The lowest BCUT2D eigenvalue weighted by Crippen LogP contribution is -2.09. The van der Waals surface area contributed by atoms with Gasteiger partial charge in [0, 0.05) is 5.92 Å². The van der Waals surface area contributed by atoms with E-state index in [0.717, 1.165) is 18.4 Å². The Morgan fingerprint density at radius 2 is 1.93 bits per heavy atom. The van der Waals surface area contributed by atoms with Gasteiger partial charge in [0.2, 0.25) is 0 Å². The number of hydrogen-bond acceptors (Lipinski definition) is 5. The van der Waals surface area contributed by atoms with Crippen molar-refractivity contribution in [3.05, 3.63) is 65.2 Å². The number of carbonyl (C=O) groups is 1. The van der Waals surface area contributed by atoms with Crippen LogP contribution in [0.15, 0.2) is 42.5 Å². The fraction of sp³-hybridized carbons (Fsp3) is 0.200. The minimum Gasteiger partial charge on any atom is -0.464 e. The van der Waals surface area contributed by atoms with Crippen LogP contribution in [0.1, 0.15) is 40.5 Å². The molecule has 6 nitrogen and oxygen atoms in total. The van der Waals surface area contributed by atoms with E-state index in [1.165, 1.54) is 17.9 Å². The minimum atomic E-state index is -0.572. The summed E-state index contributed by atoms with van der Waals surface area (Å²) in [5.74, 6) is -0.912. The summed E-state index contributed by atoms with van der Waals surface area (Å²) in [7, 11) is 1.28. The number of aromatic nitrogens is 3. The fourth-order valence-electron chi connectivity index (χ4n) is 3.03. The summed E-state index contributed by atoms with van der Waals surface area (Å²) in [5, 5.41) is 16.8. The monoisotopic (exact) mass is 362 g/mol. The number of carbonyl (C=O) groups excluding carboxylic acids is 1. The molecule has 27 heavy (non-hydrogen) atoms. The maximum Gasteiger partial charge on any atom is 0.360 e. The van der Waals surface area contributed by atoms with Crippen molar-refractivity contribution in [2.45, 2.75) is 18.8 Å². The van der Waals surface area contributed by atoms with Gasteiger partial charge in [0.05, 0.1) is 24.4 Å². The van der Waals surface area contributed by atoms with Crippen LogP contribution in [0.2, 0.25) is 0 Å². The first-order valence-corrected chi connectivity index (χ1v) is 8.46. The molecule has 1 saturated carbocycles. The van der Waals surface area contributed by atoms with Crippen LogP contribution >= 0.6 is 0 Å². The van der Waals surface area contributed by atoms with E-state index in [9.17, 15) is 9.18 Å². The smallest absolute Gasteiger partial charge is 0.360 e. The molecule has 0 N–H and O–H groups in total. The highest BCUT2D eigenvalue weighted by molar-refractivity contribution is 5.88. The van der Waals surface area contributed by atoms with Gasteiger partial charge in [-0.2, -0.15) is 5.26 Å². The molecule has 134 valence electrons. The van der Waals surface area contributed by atoms with E-state index in [1.807, 2.05) is 0 Å². The van der Waals surface area contributed by atoms with Gasteiger partial charge in [0.25, 0.3) is 0 Å². The summed E-state index contributed by atoms with van der Waals surface area (Å²) in [6.07, 6.45) is 1.81. The lowest BCUT2D eigenvalue weighted by molar-refractivity contribution is 0.0592. The highest BCUT2D eigenvalue weighted by atomic mass is 19.1. The van der Waals surface area contributed by atoms with E-state index >= 15 is 0 Å². The number of rotatable bonds is 4. The van der Waals surface area contributed by atoms with Crippen LogP contribution < -0.4 is 0 Å². The Labute approximate surface area is 154 Å². The number of esters is 1. The van der Waals surface area contributed by atoms with Crippen LogP contribution in [-0.2, 0) is 4.74 Å². The summed E-state index contributed by atoms with van der Waals surface area (Å²) in [4.78, 5) is 11.9. The zero-order valence-corrected chi connectivity index (χ0v) is 14.5. The second-order valence-electron chi connectivity index (χ2n) is 6.36. The first-order chi connectivity index (χ1) is 13.1. The van der Waals surface area contributed by atoms with Crippen molar-refractivity contribution in [1.82, 2.24) is 15.0 Å². The Kier molecular flexibility index (Phi) is 4.16. The van der Waals surface area contributed by atoms with E-state index < -0.39 is 11.8 Å². The lowest BCUT2D eigenvalue weighted by atomic mass is 10.0. The summed E-state index contributed by atoms with van der Waals surface area (Å²) < 4.78 is 21.0. The number of halogens is 1. The van der Waals surface area contributed by atoms with Gasteiger partial charge in [-0.15, -0.1) is 5.10 Å². The molecule has 1 aliphatic carbocycles. The molecule has 3 aromatic rings. The van der Waals surface area contributed by atoms with E-state index in [1.54, 1.807) is 36.4 Å². The Morgan fingerprint density at radius 3 is 2.52 bits per heavy atom. The van der Waals surface area contributed by atoms with Gasteiger partial charge in [-0.25, -0.2) is 13.9 Å². The second kappa shape index (κ2) is 6.65. The number of nitriles is 1. The molecule has 1 heterocycles. The SMILES string of the molecule is COC(=O)c1nnn(-c2ccc(-c3ccc(C#N)cc3)cc2F)c1C1CC1. The molecule has 7 heteroatoms. The van der Waals surface area contributed by atoms with Crippen molar-refractivity contribution in [2.24, 2.45) is 0 Å². The highest BCUT2D eigenvalue weighted by Crippen LogP contribution is 2.42. The van der Waals surface area contributed by atoms with Gasteiger partial charge in [0.1, 0.15) is 11.5 Å². The number of methoxy groups -OCH3 is 1. The third kappa shape index (κ3) is 3.06. The second-order valence-corrected chi connectivity index (χ2v) is 6.36. The van der Waals surface area contributed by atoms with Gasteiger partial charge in [0.15, 0.2) is 5.69 Å². The van der Waals surface area contributed by atoms with Crippen molar-refractivity contribution >= 4 is 5.97 Å². The van der Waals surface area contributed by atoms with Gasteiger partial charge in [-0.3, -0.25) is 0 Å². The summed E-state index contributed by atoms with van der Waals surface area (Å²) in [5.41, 5.74) is 2.99. The molecule has 1 fully saturated rings. The zero-order valence-electron chi connectivity index (χ0n) is 14.5. The van der Waals surface area contributed by atoms with E-state index in [-0.39, 0.29) is 17.3 Å². The molecule has 1 aliphatic rings. The molecule has 0 radical (unpaired) electrons. The number of hydrogen-bond donors (Lipinski definition) is 0. The van der Waals surface area contributed by atoms with Crippen LogP contribution in [0, 0.1) is 17.1 Å². The Balaban J connectivity index is 1.74. The van der Waals surface area contributed by atoms with Crippen LogP contribution in [0.4, 0.5) is 4.39 Å². The van der Waals surface area contributed by atoms with Crippen LogP contribution in [0.3, 0.4) is 0 Å². The summed E-state index contributed by atoms with van der Waals surface area (Å²) in [6.45, 7) is 0. The number of benzene rings is 2. The van der Waals surface area contributed by atoms with Gasteiger partial charge < -0.3 is 4.74 Å². The summed E-state index contributed by atoms with van der Waals surface area (Å²) >= 11 is 0. The summed E-state index contributed by atoms with van der Waals surface area (Å²) in [6, 6.07) is 13.8. The first kappa shape index (κ1) is 16.9. The third-order valence-corrected chi connectivity index (χ3v) is 4.57. The van der Waals surface area contributed by atoms with E-state index in [0.29, 0.717) is 16.8 Å². The molecule has 0 bridgehead atoms. The van der Waals surface area contributed by atoms with Crippen LogP contribution in [0.5, 0.6) is 0 Å². The molecule has 0 aliphatic heterocycles. The molecule has 0 unspecified atom stereocenters. The number of nitrogens with zero attached hydrogens (tertiary/aromatic N) is 4. The quantitative estimate of drug-likeness (QED) is 0.662. The van der Waals surface area contributed by atoms with Crippen molar-refractivity contribution in [3.8, 4) is 22.9 Å². The fourth-order valence-corrected chi connectivity index (χ4v) is 3.03. The average Bonchev–Trinajstić information content (AvgIpc) is 3.45. The average molecular weight is 362 g/mol. The lowest BCUT2D eigenvalue weighted by Gasteiger charge is -2.09. The zero-order chi connectivity index (χ0) is 19.0. The Morgan fingerprint density at radius 1 is 1.22 bits per heavy atom. The molecule has 1 aromatic heterocycles. The van der Waals surface area contributed by atoms with Crippen molar-refractivity contribution in [3.63, 3.8) is 0 Å². The van der Waals surface area contributed by atoms with Crippen LogP contribution in [0.25, 0.3) is 16.8 Å². The van der Waals surface area contributed by atoms with Crippen molar-refractivity contribution in [1.29, 1.82) is 5.26 Å². The molecule has 4 rings (SSSR count).